The van der Waals surface area contributed by atoms with E-state index < -0.39 is 12.1 Å². The molecule has 6 rings (SSSR count). The molecule has 1 unspecified atom stereocenters. The molecule has 196 valence electrons. The highest BCUT2D eigenvalue weighted by Gasteiger charge is 2.36. The fraction of sp³-hybridized carbons (Fsp3) is 0.357. The van der Waals surface area contributed by atoms with Crippen molar-refractivity contribution < 1.29 is 28.6 Å². The number of fused-ring (bicyclic) bond motifs is 2. The zero-order valence-electron chi connectivity index (χ0n) is 21.3. The minimum atomic E-state index is -0.540. The number of morpholine rings is 1. The Kier molecular flexibility index (Phi) is 6.11. The second kappa shape index (κ2) is 9.60. The molecule has 0 radical (unpaired) electrons. The van der Waals surface area contributed by atoms with Crippen molar-refractivity contribution in [1.29, 1.82) is 0 Å². The van der Waals surface area contributed by atoms with Gasteiger partial charge in [-0.1, -0.05) is 0 Å². The van der Waals surface area contributed by atoms with Gasteiger partial charge in [-0.15, -0.1) is 0 Å². The lowest BCUT2D eigenvalue weighted by Crippen LogP contribution is -2.46. The Hall–Kier alpha value is -4.18. The third-order valence-corrected chi connectivity index (χ3v) is 7.17. The van der Waals surface area contributed by atoms with Gasteiger partial charge in [0.1, 0.15) is 17.5 Å². The van der Waals surface area contributed by atoms with Crippen molar-refractivity contribution in [1.82, 2.24) is 9.78 Å². The lowest BCUT2D eigenvalue weighted by molar-refractivity contribution is -0.132. The summed E-state index contributed by atoms with van der Waals surface area (Å²) in [6, 6.07) is 13.0. The first kappa shape index (κ1) is 24.2. The van der Waals surface area contributed by atoms with Crippen LogP contribution in [0.25, 0.3) is 5.69 Å². The predicted octanol–water partition coefficient (Wildman–Crippen LogP) is 2.94. The van der Waals surface area contributed by atoms with Crippen LogP contribution < -0.4 is 14.5 Å². The van der Waals surface area contributed by atoms with Gasteiger partial charge in [-0.05, 0) is 68.3 Å². The molecule has 2 aromatic carbocycles. The Balaban J connectivity index is 1.35. The van der Waals surface area contributed by atoms with Crippen LogP contribution in [0.1, 0.15) is 46.0 Å². The van der Waals surface area contributed by atoms with Crippen LogP contribution in [0.2, 0.25) is 0 Å². The van der Waals surface area contributed by atoms with E-state index in [0.717, 1.165) is 23.4 Å². The monoisotopic (exact) mass is 516 g/mol. The number of nitrogens with zero attached hydrogens (tertiary/aromatic N) is 4. The predicted molar refractivity (Wildman–Crippen MR) is 138 cm³/mol. The molecule has 10 nitrogen and oxygen atoms in total. The highest BCUT2D eigenvalue weighted by Crippen LogP contribution is 2.33. The van der Waals surface area contributed by atoms with Crippen molar-refractivity contribution in [2.45, 2.75) is 32.8 Å². The maximum atomic E-state index is 13.9. The molecular weight excluding hydrogens is 488 g/mol. The number of hydrogen-bond acceptors (Lipinski definition) is 7. The van der Waals surface area contributed by atoms with Crippen LogP contribution in [-0.4, -0.2) is 66.6 Å². The first-order chi connectivity index (χ1) is 18.5. The van der Waals surface area contributed by atoms with E-state index in [4.69, 9.17) is 14.2 Å². The van der Waals surface area contributed by atoms with Crippen molar-refractivity contribution in [3.05, 3.63) is 65.0 Å². The second-order valence-corrected chi connectivity index (χ2v) is 9.42. The number of aromatic nitrogens is 2. The first-order valence-electron chi connectivity index (χ1n) is 12.9. The van der Waals surface area contributed by atoms with Crippen molar-refractivity contribution in [3.63, 3.8) is 0 Å². The summed E-state index contributed by atoms with van der Waals surface area (Å²) in [5, 5.41) is 4.57. The lowest BCUT2D eigenvalue weighted by Gasteiger charge is -2.32. The fourth-order valence-corrected chi connectivity index (χ4v) is 5.25. The highest BCUT2D eigenvalue weighted by atomic mass is 16.5. The molecule has 10 heteroatoms. The number of ether oxygens (including phenoxy) is 3. The van der Waals surface area contributed by atoms with Gasteiger partial charge in [0.2, 0.25) is 0 Å². The van der Waals surface area contributed by atoms with Gasteiger partial charge < -0.3 is 24.0 Å². The molecule has 0 bridgehead atoms. The van der Waals surface area contributed by atoms with Crippen molar-refractivity contribution in [3.8, 4) is 11.4 Å². The topological polar surface area (TPSA) is 103 Å². The zero-order valence-corrected chi connectivity index (χ0v) is 21.3. The van der Waals surface area contributed by atoms with E-state index in [1.807, 2.05) is 42.5 Å². The van der Waals surface area contributed by atoms with Crippen LogP contribution in [0.5, 0.6) is 5.75 Å². The van der Waals surface area contributed by atoms with Gasteiger partial charge in [0, 0.05) is 36.4 Å². The Morgan fingerprint density at radius 1 is 1.00 bits per heavy atom. The second-order valence-electron chi connectivity index (χ2n) is 9.42. The minimum absolute atomic E-state index is 0.0853. The van der Waals surface area contributed by atoms with E-state index in [-0.39, 0.29) is 24.1 Å². The maximum absolute atomic E-state index is 13.9. The molecule has 38 heavy (non-hydrogen) atoms. The number of amides is 2. The Bertz CT molecular complexity index is 1430. The van der Waals surface area contributed by atoms with Crippen LogP contribution in [0.15, 0.2) is 42.5 Å². The number of esters is 1. The Morgan fingerprint density at radius 2 is 1.74 bits per heavy atom. The summed E-state index contributed by atoms with van der Waals surface area (Å²) in [6.07, 6.45) is 0.740. The Morgan fingerprint density at radius 3 is 2.50 bits per heavy atom. The summed E-state index contributed by atoms with van der Waals surface area (Å²) in [5.41, 5.74) is 4.28. The number of carbonyl (C=O) groups excluding carboxylic acids is 3. The number of anilines is 2. The molecule has 2 amide bonds. The average Bonchev–Trinajstić information content (AvgIpc) is 3.56. The maximum Gasteiger partial charge on any atom is 0.359 e. The van der Waals surface area contributed by atoms with Gasteiger partial charge in [0.15, 0.2) is 5.69 Å². The van der Waals surface area contributed by atoms with Gasteiger partial charge in [-0.2, -0.15) is 5.10 Å². The van der Waals surface area contributed by atoms with E-state index in [2.05, 4.69) is 5.10 Å². The highest BCUT2D eigenvalue weighted by molar-refractivity contribution is 6.09. The van der Waals surface area contributed by atoms with Crippen molar-refractivity contribution in [2.75, 3.05) is 42.7 Å². The zero-order chi connectivity index (χ0) is 26.4. The van der Waals surface area contributed by atoms with Gasteiger partial charge in [-0.25, -0.2) is 9.48 Å². The summed E-state index contributed by atoms with van der Waals surface area (Å²) < 4.78 is 17.9. The fourth-order valence-electron chi connectivity index (χ4n) is 5.25. The standard InChI is InChI=1S/C28H28N4O6/c1-3-36-28(35)24-22-10-12-30(19-4-6-20(7-5-19)31-13-15-37-17(2)26(31)33)27(34)25(22)32(29-24)21-8-9-23-18(16-21)11-14-38-23/h4-9,16-17H,3,10-15H2,1-2H3. The molecule has 1 fully saturated rings. The molecule has 1 saturated heterocycles. The van der Waals surface area contributed by atoms with E-state index >= 15 is 0 Å². The minimum Gasteiger partial charge on any atom is -0.493 e. The summed E-state index contributed by atoms with van der Waals surface area (Å²) in [5.74, 6) is -0.0590. The molecule has 1 aromatic heterocycles. The molecule has 3 aliphatic heterocycles. The quantitative estimate of drug-likeness (QED) is 0.481. The van der Waals surface area contributed by atoms with Crippen molar-refractivity contribution in [2.24, 2.45) is 0 Å². The van der Waals surface area contributed by atoms with Gasteiger partial charge in [0.05, 0.1) is 25.5 Å². The SMILES string of the molecule is CCOC(=O)c1nn(-c2ccc3c(c2)CCO3)c2c1CCN(c1ccc(N3CCOC(C)C3=O)cc1)C2=O. The third kappa shape index (κ3) is 4.01. The number of carbonyl (C=O) groups is 3. The van der Waals surface area contributed by atoms with Crippen LogP contribution in [0, 0.1) is 0 Å². The largest absolute Gasteiger partial charge is 0.493 e. The summed E-state index contributed by atoms with van der Waals surface area (Å²) in [7, 11) is 0. The number of hydrogen-bond donors (Lipinski definition) is 0. The van der Waals surface area contributed by atoms with E-state index in [1.165, 1.54) is 0 Å². The third-order valence-electron chi connectivity index (χ3n) is 7.17. The van der Waals surface area contributed by atoms with Crippen molar-refractivity contribution >= 4 is 29.2 Å². The summed E-state index contributed by atoms with van der Waals surface area (Å²) >= 11 is 0. The molecule has 3 aliphatic rings. The molecule has 0 N–H and O–H groups in total. The summed E-state index contributed by atoms with van der Waals surface area (Å²) in [4.78, 5) is 42.6. The van der Waals surface area contributed by atoms with E-state index in [9.17, 15) is 14.4 Å². The normalized spacial score (nSPS) is 18.7. The smallest absolute Gasteiger partial charge is 0.359 e. The van der Waals surface area contributed by atoms with Gasteiger partial charge >= 0.3 is 5.97 Å². The van der Waals surface area contributed by atoms with Gasteiger partial charge in [0.25, 0.3) is 11.8 Å². The molecule has 1 atom stereocenters. The molecule has 3 aromatic rings. The van der Waals surface area contributed by atoms with Crippen LogP contribution >= 0.6 is 0 Å². The van der Waals surface area contributed by atoms with E-state index in [1.54, 1.807) is 28.3 Å². The van der Waals surface area contributed by atoms with Crippen LogP contribution in [-0.2, 0) is 27.1 Å². The van der Waals surface area contributed by atoms with Crippen LogP contribution in [0.3, 0.4) is 0 Å². The molecule has 4 heterocycles. The van der Waals surface area contributed by atoms with Crippen LogP contribution in [0.4, 0.5) is 11.4 Å². The summed E-state index contributed by atoms with van der Waals surface area (Å²) in [6.45, 7) is 5.65. The van der Waals surface area contributed by atoms with Gasteiger partial charge in [-0.3, -0.25) is 9.59 Å². The molecule has 0 saturated carbocycles. The number of benzene rings is 2. The first-order valence-corrected chi connectivity index (χ1v) is 12.9. The number of rotatable bonds is 5. The molecule has 0 aliphatic carbocycles. The average molecular weight is 517 g/mol. The Labute approximate surface area is 219 Å². The molecule has 0 spiro atoms. The van der Waals surface area contributed by atoms with E-state index in [0.29, 0.717) is 55.4 Å². The lowest BCUT2D eigenvalue weighted by atomic mass is 10.0. The molecular formula is C28H28N4O6.